The number of hydrogen-bond donors (Lipinski definition) is 3. The number of ether oxygens (including phenoxy) is 2. The largest absolute Gasteiger partial charge is 0.497 e. The second kappa shape index (κ2) is 12.2. The molecule has 0 unspecified atom stereocenters. The standard InChI is InChI=1S/C25H26BrN3O5S2/c1-16(2)15-34-23-13-4-17(26)14-22(23)24(30)28-25(35)27-18-7-11-21(12-8-18)36(31,32)29-19-5-9-20(33-3)10-6-19/h4-14,16,29H,15H2,1-3H3,(H2,27,28,30,35). The number of halogens is 1. The number of methoxy groups -OCH3 is 1. The third kappa shape index (κ3) is 7.67. The number of carbonyl (C=O) groups excluding carboxylic acids is 1. The molecule has 0 radical (unpaired) electrons. The molecule has 0 aromatic heterocycles. The summed E-state index contributed by atoms with van der Waals surface area (Å²) >= 11 is 8.64. The van der Waals surface area contributed by atoms with Gasteiger partial charge in [0.05, 0.1) is 24.2 Å². The number of amides is 1. The number of nitrogens with one attached hydrogen (secondary N) is 3. The molecule has 0 aliphatic carbocycles. The molecular formula is C25H26BrN3O5S2. The second-order valence-corrected chi connectivity index (χ2v) is 11.1. The number of benzene rings is 3. The van der Waals surface area contributed by atoms with Crippen molar-refractivity contribution in [3.63, 3.8) is 0 Å². The first kappa shape index (κ1) is 27.4. The molecule has 0 bridgehead atoms. The molecule has 8 nitrogen and oxygen atoms in total. The van der Waals surface area contributed by atoms with Gasteiger partial charge in [-0.25, -0.2) is 8.42 Å². The number of rotatable bonds is 9. The Bertz CT molecular complexity index is 1330. The molecule has 0 heterocycles. The van der Waals surface area contributed by atoms with Crippen LogP contribution in [-0.2, 0) is 10.0 Å². The van der Waals surface area contributed by atoms with E-state index in [0.717, 1.165) is 4.47 Å². The summed E-state index contributed by atoms with van der Waals surface area (Å²) in [5.41, 5.74) is 1.25. The lowest BCUT2D eigenvalue weighted by molar-refractivity contribution is 0.0973. The molecule has 0 aliphatic rings. The van der Waals surface area contributed by atoms with E-state index in [1.54, 1.807) is 54.6 Å². The van der Waals surface area contributed by atoms with Gasteiger partial charge in [-0.1, -0.05) is 29.8 Å². The molecule has 3 aromatic rings. The molecular weight excluding hydrogens is 566 g/mol. The molecule has 190 valence electrons. The van der Waals surface area contributed by atoms with Gasteiger partial charge >= 0.3 is 0 Å². The Kier molecular flexibility index (Phi) is 9.30. The minimum Gasteiger partial charge on any atom is -0.497 e. The highest BCUT2D eigenvalue weighted by atomic mass is 79.9. The normalized spacial score (nSPS) is 11.0. The van der Waals surface area contributed by atoms with Crippen molar-refractivity contribution in [2.45, 2.75) is 18.7 Å². The summed E-state index contributed by atoms with van der Waals surface area (Å²) in [5.74, 6) is 0.933. The number of thiocarbonyl (C=S) groups is 1. The van der Waals surface area contributed by atoms with E-state index in [9.17, 15) is 13.2 Å². The lowest BCUT2D eigenvalue weighted by Gasteiger charge is -2.15. The van der Waals surface area contributed by atoms with Crippen LogP contribution in [0.3, 0.4) is 0 Å². The highest BCUT2D eigenvalue weighted by Gasteiger charge is 2.17. The van der Waals surface area contributed by atoms with Crippen molar-refractivity contribution in [3.05, 3.63) is 76.8 Å². The fourth-order valence-corrected chi connectivity index (χ4v) is 4.62. The van der Waals surface area contributed by atoms with Gasteiger partial charge in [0.1, 0.15) is 11.5 Å². The van der Waals surface area contributed by atoms with Crippen LogP contribution in [0, 0.1) is 5.92 Å². The molecule has 3 rings (SSSR count). The van der Waals surface area contributed by atoms with E-state index in [-0.39, 0.29) is 10.0 Å². The van der Waals surface area contributed by atoms with E-state index >= 15 is 0 Å². The molecule has 0 spiro atoms. The number of anilines is 2. The fourth-order valence-electron chi connectivity index (χ4n) is 2.99. The van der Waals surface area contributed by atoms with Crippen LogP contribution >= 0.6 is 28.1 Å². The van der Waals surface area contributed by atoms with E-state index in [1.807, 2.05) is 13.8 Å². The van der Waals surface area contributed by atoms with Gasteiger partial charge in [0.15, 0.2) is 5.11 Å². The average Bonchev–Trinajstić information content (AvgIpc) is 2.83. The van der Waals surface area contributed by atoms with Gasteiger partial charge in [-0.15, -0.1) is 0 Å². The smallest absolute Gasteiger partial charge is 0.261 e. The molecule has 3 aromatic carbocycles. The van der Waals surface area contributed by atoms with Gasteiger partial charge in [0.25, 0.3) is 15.9 Å². The first-order chi connectivity index (χ1) is 17.1. The second-order valence-electron chi connectivity index (χ2n) is 8.11. The summed E-state index contributed by atoms with van der Waals surface area (Å²) in [6.45, 7) is 4.50. The van der Waals surface area contributed by atoms with Crippen LogP contribution < -0.4 is 24.8 Å². The van der Waals surface area contributed by atoms with Crippen molar-refractivity contribution >= 4 is 60.6 Å². The molecule has 0 saturated heterocycles. The predicted molar refractivity (Wildman–Crippen MR) is 148 cm³/mol. The molecule has 36 heavy (non-hydrogen) atoms. The monoisotopic (exact) mass is 591 g/mol. The highest BCUT2D eigenvalue weighted by Crippen LogP contribution is 2.24. The first-order valence-corrected chi connectivity index (χ1v) is 13.6. The van der Waals surface area contributed by atoms with Crippen molar-refractivity contribution < 1.29 is 22.7 Å². The SMILES string of the molecule is COc1ccc(NS(=O)(=O)c2ccc(NC(=S)NC(=O)c3cc(Br)ccc3OCC(C)C)cc2)cc1. The summed E-state index contributed by atoms with van der Waals surface area (Å²) in [6.07, 6.45) is 0. The molecule has 0 saturated carbocycles. The van der Waals surface area contributed by atoms with Gasteiger partial charge in [-0.2, -0.15) is 0 Å². The van der Waals surface area contributed by atoms with Crippen molar-refractivity contribution in [1.82, 2.24) is 5.32 Å². The van der Waals surface area contributed by atoms with Crippen molar-refractivity contribution in [2.24, 2.45) is 5.92 Å². The maximum Gasteiger partial charge on any atom is 0.261 e. The predicted octanol–water partition coefficient (Wildman–Crippen LogP) is 5.42. The van der Waals surface area contributed by atoms with Gasteiger partial charge < -0.3 is 14.8 Å². The number of hydrogen-bond acceptors (Lipinski definition) is 6. The van der Waals surface area contributed by atoms with E-state index in [0.29, 0.717) is 41.0 Å². The third-order valence-electron chi connectivity index (χ3n) is 4.75. The van der Waals surface area contributed by atoms with Crippen LogP contribution in [0.15, 0.2) is 76.1 Å². The van der Waals surface area contributed by atoms with Crippen molar-refractivity contribution in [3.8, 4) is 11.5 Å². The third-order valence-corrected chi connectivity index (χ3v) is 6.84. The Balaban J connectivity index is 1.63. The molecule has 0 atom stereocenters. The maximum atomic E-state index is 12.8. The Hall–Kier alpha value is -3.15. The van der Waals surface area contributed by atoms with Crippen LogP contribution in [0.2, 0.25) is 0 Å². The lowest BCUT2D eigenvalue weighted by Crippen LogP contribution is -2.34. The van der Waals surface area contributed by atoms with E-state index in [4.69, 9.17) is 21.7 Å². The zero-order valence-corrected chi connectivity index (χ0v) is 23.1. The maximum absolute atomic E-state index is 12.8. The van der Waals surface area contributed by atoms with Gasteiger partial charge in [0.2, 0.25) is 0 Å². The summed E-state index contributed by atoms with van der Waals surface area (Å²) in [6, 6.07) is 17.7. The van der Waals surface area contributed by atoms with E-state index < -0.39 is 15.9 Å². The molecule has 1 amide bonds. The summed E-state index contributed by atoms with van der Waals surface area (Å²) in [4.78, 5) is 12.9. The highest BCUT2D eigenvalue weighted by molar-refractivity contribution is 9.10. The Morgan fingerprint density at radius 2 is 1.64 bits per heavy atom. The van der Waals surface area contributed by atoms with Crippen LogP contribution in [0.1, 0.15) is 24.2 Å². The zero-order valence-electron chi connectivity index (χ0n) is 19.9. The van der Waals surface area contributed by atoms with E-state index in [2.05, 4.69) is 31.3 Å². The van der Waals surface area contributed by atoms with Crippen LogP contribution in [0.4, 0.5) is 11.4 Å². The van der Waals surface area contributed by atoms with Crippen LogP contribution in [-0.4, -0.2) is 33.2 Å². The lowest BCUT2D eigenvalue weighted by atomic mass is 10.2. The zero-order chi connectivity index (χ0) is 26.3. The fraction of sp³-hybridized carbons (Fsp3) is 0.200. The summed E-state index contributed by atoms with van der Waals surface area (Å²) < 4.78 is 39.4. The molecule has 0 aliphatic heterocycles. The van der Waals surface area contributed by atoms with Gasteiger partial charge in [-0.3, -0.25) is 14.8 Å². The molecule has 0 fully saturated rings. The average molecular weight is 593 g/mol. The molecule has 3 N–H and O–H groups in total. The van der Waals surface area contributed by atoms with Crippen LogP contribution in [0.5, 0.6) is 11.5 Å². The minimum absolute atomic E-state index is 0.0572. The number of carbonyl (C=O) groups is 1. The van der Waals surface area contributed by atoms with Gasteiger partial charge in [0, 0.05) is 15.8 Å². The Morgan fingerprint density at radius 1 is 1.00 bits per heavy atom. The first-order valence-electron chi connectivity index (χ1n) is 10.9. The Morgan fingerprint density at radius 3 is 2.25 bits per heavy atom. The van der Waals surface area contributed by atoms with Crippen LogP contribution in [0.25, 0.3) is 0 Å². The van der Waals surface area contributed by atoms with E-state index in [1.165, 1.54) is 19.2 Å². The molecule has 11 heteroatoms. The Labute approximate surface area is 224 Å². The quantitative estimate of drug-likeness (QED) is 0.285. The summed E-state index contributed by atoms with van der Waals surface area (Å²) in [7, 11) is -2.26. The number of sulfonamides is 1. The summed E-state index contributed by atoms with van der Waals surface area (Å²) in [5, 5.41) is 5.57. The van der Waals surface area contributed by atoms with Gasteiger partial charge in [-0.05, 0) is 84.9 Å². The van der Waals surface area contributed by atoms with Crippen molar-refractivity contribution in [2.75, 3.05) is 23.8 Å². The topological polar surface area (TPSA) is 106 Å². The van der Waals surface area contributed by atoms with Crippen molar-refractivity contribution in [1.29, 1.82) is 0 Å². The minimum atomic E-state index is -3.79.